The van der Waals surface area contributed by atoms with Crippen LogP contribution in [0, 0.1) is 17.8 Å². The molecule has 0 aliphatic carbocycles. The van der Waals surface area contributed by atoms with E-state index in [1.807, 2.05) is 45.0 Å². The summed E-state index contributed by atoms with van der Waals surface area (Å²) in [5.41, 5.74) is 2.08. The molecule has 3 atom stereocenters. The Kier molecular flexibility index (Phi) is 15.8. The summed E-state index contributed by atoms with van der Waals surface area (Å²) in [6.45, 7) is 11.6. The summed E-state index contributed by atoms with van der Waals surface area (Å²) in [6.07, 6.45) is 7.15. The van der Waals surface area contributed by atoms with Crippen molar-refractivity contribution in [2.75, 3.05) is 27.3 Å². The minimum Gasteiger partial charge on any atom is -0.467 e. The second kappa shape index (κ2) is 19.7. The average molecular weight is 719 g/mol. The van der Waals surface area contributed by atoms with E-state index in [1.54, 1.807) is 31.7 Å². The zero-order chi connectivity index (χ0) is 38.3. The normalized spacial score (nSPS) is 18.2. The van der Waals surface area contributed by atoms with Crippen LogP contribution in [0.3, 0.4) is 0 Å². The molecule has 0 aromatic heterocycles. The Labute approximate surface area is 311 Å². The topological polar surface area (TPSA) is 112 Å². The van der Waals surface area contributed by atoms with E-state index in [2.05, 4.69) is 48.2 Å². The standard InChI is InChI=1S/C21H31NO4.C21H25NO4.H2/c2*1-21(2,3)26-20(24)22-15-17(14-18(22)19(23)25-4)13-9-8-12-16-10-6-5-7-11-16;/h5-7,10-11,17-18H,8-9,12-15H2,1-4H3;5-7,10-11,14,18H,8,12,15H2,1-4H3;1H/t17-,18-;18-;/m00./s1. The van der Waals surface area contributed by atoms with Crippen molar-refractivity contribution < 1.29 is 39.6 Å². The van der Waals surface area contributed by atoms with Crippen molar-refractivity contribution in [2.45, 2.75) is 110 Å². The minimum atomic E-state index is -0.798. The predicted molar refractivity (Wildman–Crippen MR) is 202 cm³/mol. The number of likely N-dealkylation sites (tertiary alicyclic amines) is 1. The SMILES string of the molecule is COC(=O)[C@@H]1C=C(C#CCCc2ccccc2)CN1C(=O)OC(C)(C)C.COC(=O)[C@@H]1C[C@H](CCCCc2ccccc2)CN1C(=O)OC(C)(C)C.[HH]. The molecule has 284 valence electrons. The number of unbranched alkanes of at least 4 members (excludes halogenated alkanes) is 1. The highest BCUT2D eigenvalue weighted by atomic mass is 16.6. The van der Waals surface area contributed by atoms with Gasteiger partial charge in [-0.2, -0.15) is 0 Å². The molecule has 2 heterocycles. The van der Waals surface area contributed by atoms with Crippen LogP contribution in [0.15, 0.2) is 72.3 Å². The number of nitrogens with zero attached hydrogens (tertiary/aromatic N) is 2. The van der Waals surface area contributed by atoms with Crippen molar-refractivity contribution in [3.8, 4) is 11.8 Å². The summed E-state index contributed by atoms with van der Waals surface area (Å²) in [5.74, 6) is 5.62. The second-order valence-electron chi connectivity index (χ2n) is 15.1. The van der Waals surface area contributed by atoms with E-state index in [0.29, 0.717) is 25.3 Å². The van der Waals surface area contributed by atoms with Gasteiger partial charge in [-0.15, -0.1) is 0 Å². The number of ether oxygens (including phenoxy) is 4. The number of amides is 2. The molecule has 2 amide bonds. The molecule has 0 N–H and O–H groups in total. The molecule has 2 aromatic carbocycles. The van der Waals surface area contributed by atoms with E-state index < -0.39 is 41.4 Å². The summed E-state index contributed by atoms with van der Waals surface area (Å²) in [5, 5.41) is 0. The zero-order valence-electron chi connectivity index (χ0n) is 32.1. The Bertz CT molecular complexity index is 1570. The molecule has 2 aliphatic rings. The summed E-state index contributed by atoms with van der Waals surface area (Å²) >= 11 is 0. The van der Waals surface area contributed by atoms with Crippen LogP contribution < -0.4 is 0 Å². The number of hydrogen-bond donors (Lipinski definition) is 0. The fraction of sp³-hybridized carbons (Fsp3) is 0.524. The highest BCUT2D eigenvalue weighted by Gasteiger charge is 2.42. The number of carbonyl (C=O) groups is 4. The van der Waals surface area contributed by atoms with Gasteiger partial charge in [0, 0.05) is 20.0 Å². The molecule has 0 saturated carbocycles. The summed E-state index contributed by atoms with van der Waals surface area (Å²) < 4.78 is 20.5. The number of esters is 2. The molecule has 2 aliphatic heterocycles. The van der Waals surface area contributed by atoms with Gasteiger partial charge >= 0.3 is 24.1 Å². The summed E-state index contributed by atoms with van der Waals surface area (Å²) in [7, 11) is 2.66. The molecule has 4 rings (SSSR count). The lowest BCUT2D eigenvalue weighted by atomic mass is 9.97. The lowest BCUT2D eigenvalue weighted by Gasteiger charge is -2.27. The van der Waals surface area contributed by atoms with Gasteiger partial charge in [-0.25, -0.2) is 19.2 Å². The molecule has 1 saturated heterocycles. The van der Waals surface area contributed by atoms with Gasteiger partial charge in [0.05, 0.1) is 20.8 Å². The molecule has 0 unspecified atom stereocenters. The Morgan fingerprint density at radius 1 is 0.750 bits per heavy atom. The maximum atomic E-state index is 12.4. The number of carbonyl (C=O) groups excluding carboxylic acids is 4. The number of aryl methyl sites for hydroxylation is 2. The molecular weight excluding hydrogens is 660 g/mol. The maximum absolute atomic E-state index is 12.4. The van der Waals surface area contributed by atoms with Crippen LogP contribution in [0.5, 0.6) is 0 Å². The van der Waals surface area contributed by atoms with E-state index in [0.717, 1.165) is 37.7 Å². The number of benzene rings is 2. The summed E-state index contributed by atoms with van der Waals surface area (Å²) in [4.78, 5) is 51.8. The average Bonchev–Trinajstić information content (AvgIpc) is 3.73. The van der Waals surface area contributed by atoms with Gasteiger partial charge < -0.3 is 18.9 Å². The Balaban J connectivity index is 0.000000360. The Morgan fingerprint density at radius 2 is 1.29 bits per heavy atom. The van der Waals surface area contributed by atoms with Crippen molar-refractivity contribution in [2.24, 2.45) is 5.92 Å². The lowest BCUT2D eigenvalue weighted by Crippen LogP contribution is -2.44. The van der Waals surface area contributed by atoms with Crippen LogP contribution in [0.4, 0.5) is 9.59 Å². The monoisotopic (exact) mass is 718 g/mol. The van der Waals surface area contributed by atoms with Gasteiger partial charge in [0.1, 0.15) is 17.2 Å². The van der Waals surface area contributed by atoms with Crippen LogP contribution in [0.2, 0.25) is 0 Å². The third-order valence-electron chi connectivity index (χ3n) is 8.40. The molecule has 52 heavy (non-hydrogen) atoms. The van der Waals surface area contributed by atoms with Crippen LogP contribution >= 0.6 is 0 Å². The summed E-state index contributed by atoms with van der Waals surface area (Å²) in [6, 6.07) is 19.2. The van der Waals surface area contributed by atoms with Gasteiger partial charge in [-0.1, -0.05) is 78.9 Å². The van der Waals surface area contributed by atoms with Crippen molar-refractivity contribution in [3.63, 3.8) is 0 Å². The quantitative estimate of drug-likeness (QED) is 0.112. The van der Waals surface area contributed by atoms with Gasteiger partial charge in [0.2, 0.25) is 0 Å². The third-order valence-corrected chi connectivity index (χ3v) is 8.40. The van der Waals surface area contributed by atoms with Gasteiger partial charge in [-0.3, -0.25) is 9.80 Å². The van der Waals surface area contributed by atoms with Crippen molar-refractivity contribution >= 4 is 24.1 Å². The number of methoxy groups -OCH3 is 2. The first-order valence-electron chi connectivity index (χ1n) is 18.0. The van der Waals surface area contributed by atoms with Crippen molar-refractivity contribution in [1.82, 2.24) is 9.80 Å². The molecular formula is C42H58N2O8. The molecule has 1 fully saturated rings. The molecule has 10 nitrogen and oxygen atoms in total. The maximum Gasteiger partial charge on any atom is 0.411 e. The first-order chi connectivity index (χ1) is 24.6. The highest BCUT2D eigenvalue weighted by molar-refractivity contribution is 5.85. The van der Waals surface area contributed by atoms with Crippen LogP contribution in [0.1, 0.15) is 86.2 Å². The van der Waals surface area contributed by atoms with Crippen LogP contribution in [0.25, 0.3) is 0 Å². The van der Waals surface area contributed by atoms with Gasteiger partial charge in [0.25, 0.3) is 0 Å². The Hall–Kier alpha value is -4.78. The smallest absolute Gasteiger partial charge is 0.411 e. The second-order valence-corrected chi connectivity index (χ2v) is 15.1. The van der Waals surface area contributed by atoms with E-state index >= 15 is 0 Å². The van der Waals surface area contributed by atoms with Crippen molar-refractivity contribution in [1.29, 1.82) is 0 Å². The van der Waals surface area contributed by atoms with E-state index in [-0.39, 0.29) is 13.9 Å². The van der Waals surface area contributed by atoms with E-state index in [4.69, 9.17) is 18.9 Å². The molecule has 0 bridgehead atoms. The molecule has 0 radical (unpaired) electrons. The molecule has 0 spiro atoms. The number of hydrogen-bond acceptors (Lipinski definition) is 8. The molecule has 10 heteroatoms. The largest absolute Gasteiger partial charge is 0.467 e. The first-order valence-corrected chi connectivity index (χ1v) is 18.0. The van der Waals surface area contributed by atoms with Crippen molar-refractivity contribution in [3.05, 3.63) is 83.4 Å². The van der Waals surface area contributed by atoms with Crippen LogP contribution in [-0.2, 0) is 41.4 Å². The van der Waals surface area contributed by atoms with Gasteiger partial charge in [-0.05, 0) is 96.8 Å². The Morgan fingerprint density at radius 3 is 1.83 bits per heavy atom. The van der Waals surface area contributed by atoms with E-state index in [1.165, 1.54) is 30.2 Å². The van der Waals surface area contributed by atoms with Crippen LogP contribution in [-0.4, -0.2) is 84.5 Å². The van der Waals surface area contributed by atoms with Gasteiger partial charge in [0.15, 0.2) is 6.04 Å². The van der Waals surface area contributed by atoms with E-state index in [9.17, 15) is 19.2 Å². The first kappa shape index (κ1) is 41.6. The molecule has 2 aromatic rings. The zero-order valence-corrected chi connectivity index (χ0v) is 32.1. The number of rotatable bonds is 9. The predicted octanol–water partition coefficient (Wildman–Crippen LogP) is 7.79. The minimum absolute atomic E-state index is 0. The third kappa shape index (κ3) is 14.1. The fourth-order valence-corrected chi connectivity index (χ4v) is 5.96. The highest BCUT2D eigenvalue weighted by Crippen LogP contribution is 2.30. The fourth-order valence-electron chi connectivity index (χ4n) is 5.96. The lowest BCUT2D eigenvalue weighted by molar-refractivity contribution is -0.146.